The van der Waals surface area contributed by atoms with Crippen molar-refractivity contribution in [3.05, 3.63) is 249 Å². The van der Waals surface area contributed by atoms with Gasteiger partial charge in [-0.2, -0.15) is 0 Å². The Bertz CT molecular complexity index is 3430. The Morgan fingerprint density at radius 1 is 0.270 bits per heavy atom. The van der Waals surface area contributed by atoms with E-state index in [2.05, 4.69) is 263 Å². The number of anilines is 6. The third-order valence-electron chi connectivity index (χ3n) is 12.5. The van der Waals surface area contributed by atoms with E-state index in [1.165, 1.54) is 66.4 Å². The predicted molar refractivity (Wildman–Crippen MR) is 265 cm³/mol. The average Bonchev–Trinajstić information content (AvgIpc) is 3.63. The molecule has 0 spiro atoms. The Hall–Kier alpha value is -8.40. The Labute approximate surface area is 367 Å². The maximum absolute atomic E-state index is 2.41. The summed E-state index contributed by atoms with van der Waals surface area (Å²) in [6.07, 6.45) is 0. The molecule has 11 aromatic rings. The van der Waals surface area contributed by atoms with Gasteiger partial charge in [-0.25, -0.2) is 0 Å². The molecule has 1 aromatic heterocycles. The summed E-state index contributed by atoms with van der Waals surface area (Å²) in [6, 6.07) is 90.2. The van der Waals surface area contributed by atoms with Gasteiger partial charge in [0.2, 0.25) is 0 Å². The van der Waals surface area contributed by atoms with E-state index in [1.807, 2.05) is 0 Å². The van der Waals surface area contributed by atoms with Gasteiger partial charge in [-0.1, -0.05) is 164 Å². The van der Waals surface area contributed by atoms with Gasteiger partial charge in [0.15, 0.2) is 0 Å². The van der Waals surface area contributed by atoms with Crippen molar-refractivity contribution in [2.75, 3.05) is 9.80 Å². The van der Waals surface area contributed by atoms with Crippen LogP contribution in [0, 0.1) is 0 Å². The Morgan fingerprint density at radius 2 is 0.746 bits per heavy atom. The molecule has 10 aromatic carbocycles. The molecule has 0 radical (unpaired) electrons. The van der Waals surface area contributed by atoms with Gasteiger partial charge in [0.1, 0.15) is 0 Å². The summed E-state index contributed by atoms with van der Waals surface area (Å²) in [5.74, 6) is 0. The van der Waals surface area contributed by atoms with E-state index in [0.29, 0.717) is 0 Å². The lowest BCUT2D eigenvalue weighted by molar-refractivity contribution is 1.18. The van der Waals surface area contributed by atoms with E-state index in [9.17, 15) is 0 Å². The minimum absolute atomic E-state index is 1.08. The van der Waals surface area contributed by atoms with E-state index < -0.39 is 0 Å². The predicted octanol–water partition coefficient (Wildman–Crippen LogP) is 16.7. The molecule has 0 fully saturated rings. The standard InChI is InChI=1S/C60H41N3/c1-4-16-42(17-5-1)43-28-33-48(34-29-43)61(50-37-38-55-54-25-13-15-27-58(54)63(60(55)41-50)47-20-8-3-9-21-47)49-35-30-44(31-36-49)45-32-39-59-56(40-45)52-23-11-10-22-51(52)53-24-12-14-26-57(53)62(59)46-18-6-2-7-19-46/h1-41H. The van der Waals surface area contributed by atoms with E-state index in [1.54, 1.807) is 0 Å². The first-order chi connectivity index (χ1) is 31.3. The number of fused-ring (bicyclic) bond motifs is 8. The lowest BCUT2D eigenvalue weighted by Crippen LogP contribution is -2.11. The number of nitrogens with zero attached hydrogens (tertiary/aromatic N) is 3. The fourth-order valence-electron chi connectivity index (χ4n) is 9.60. The summed E-state index contributed by atoms with van der Waals surface area (Å²) < 4.78 is 2.39. The van der Waals surface area contributed by atoms with Gasteiger partial charge in [-0.15, -0.1) is 0 Å². The molecule has 0 saturated carbocycles. The first-order valence-corrected chi connectivity index (χ1v) is 21.6. The van der Waals surface area contributed by atoms with Crippen molar-refractivity contribution in [1.82, 2.24) is 4.57 Å². The van der Waals surface area contributed by atoms with Gasteiger partial charge >= 0.3 is 0 Å². The first-order valence-electron chi connectivity index (χ1n) is 21.6. The van der Waals surface area contributed by atoms with Crippen LogP contribution >= 0.6 is 0 Å². The van der Waals surface area contributed by atoms with Crippen molar-refractivity contribution in [1.29, 1.82) is 0 Å². The van der Waals surface area contributed by atoms with E-state index in [-0.39, 0.29) is 0 Å². The molecule has 3 heteroatoms. The van der Waals surface area contributed by atoms with Crippen LogP contribution in [0.3, 0.4) is 0 Å². The third kappa shape index (κ3) is 6.29. The third-order valence-corrected chi connectivity index (χ3v) is 12.5. The highest BCUT2D eigenvalue weighted by atomic mass is 15.2. The first kappa shape index (κ1) is 36.5. The maximum atomic E-state index is 2.41. The number of para-hydroxylation sites is 4. The minimum atomic E-state index is 1.08. The van der Waals surface area contributed by atoms with Crippen molar-refractivity contribution in [2.24, 2.45) is 0 Å². The number of hydrogen-bond donors (Lipinski definition) is 0. The second kappa shape index (κ2) is 15.3. The van der Waals surface area contributed by atoms with Crippen LogP contribution in [0.5, 0.6) is 0 Å². The molecular formula is C60H41N3. The summed E-state index contributed by atoms with van der Waals surface area (Å²) in [5.41, 5.74) is 19.8. The normalized spacial score (nSPS) is 11.8. The van der Waals surface area contributed by atoms with Crippen LogP contribution in [0.1, 0.15) is 0 Å². The molecule has 0 saturated heterocycles. The van der Waals surface area contributed by atoms with E-state index in [0.717, 1.165) is 39.7 Å². The molecule has 3 nitrogen and oxygen atoms in total. The summed E-state index contributed by atoms with van der Waals surface area (Å²) in [5, 5.41) is 2.47. The second-order valence-corrected chi connectivity index (χ2v) is 16.2. The molecule has 1 aliphatic heterocycles. The molecule has 0 unspecified atom stereocenters. The molecular weight excluding hydrogens is 763 g/mol. The van der Waals surface area contributed by atoms with Crippen LogP contribution in [0.2, 0.25) is 0 Å². The molecule has 0 bridgehead atoms. The average molecular weight is 804 g/mol. The van der Waals surface area contributed by atoms with E-state index >= 15 is 0 Å². The highest BCUT2D eigenvalue weighted by molar-refractivity contribution is 6.10. The lowest BCUT2D eigenvalue weighted by atomic mass is 9.92. The maximum Gasteiger partial charge on any atom is 0.0561 e. The van der Waals surface area contributed by atoms with Crippen LogP contribution in [0.25, 0.3) is 72.0 Å². The van der Waals surface area contributed by atoms with Crippen LogP contribution in [0.15, 0.2) is 249 Å². The van der Waals surface area contributed by atoms with Gasteiger partial charge < -0.3 is 14.4 Å². The fraction of sp³-hybridized carbons (Fsp3) is 0. The summed E-state index contributed by atoms with van der Waals surface area (Å²) in [4.78, 5) is 4.79. The van der Waals surface area contributed by atoms with Crippen molar-refractivity contribution >= 4 is 55.9 Å². The van der Waals surface area contributed by atoms with Gasteiger partial charge in [-0.3, -0.25) is 0 Å². The van der Waals surface area contributed by atoms with Gasteiger partial charge in [-0.05, 0) is 118 Å². The zero-order valence-corrected chi connectivity index (χ0v) is 34.5. The largest absolute Gasteiger partial charge is 0.310 e. The SMILES string of the molecule is c1ccc(-c2ccc(N(c3ccc(-c4ccc5c(c4)-c4ccccc4-c4ccccc4N5c4ccccc4)cc3)c3ccc4c5ccccc5n(-c5ccccc5)c4c3)cc2)cc1. The number of rotatable bonds is 7. The molecule has 1 aliphatic rings. The summed E-state index contributed by atoms with van der Waals surface area (Å²) in [6.45, 7) is 0. The molecule has 0 N–H and O–H groups in total. The highest BCUT2D eigenvalue weighted by Crippen LogP contribution is 2.51. The van der Waals surface area contributed by atoms with Crippen molar-refractivity contribution in [3.8, 4) is 50.2 Å². The van der Waals surface area contributed by atoms with Crippen LogP contribution < -0.4 is 9.80 Å². The van der Waals surface area contributed by atoms with Gasteiger partial charge in [0.25, 0.3) is 0 Å². The topological polar surface area (TPSA) is 11.4 Å². The Morgan fingerprint density at radius 3 is 1.44 bits per heavy atom. The fourth-order valence-corrected chi connectivity index (χ4v) is 9.60. The van der Waals surface area contributed by atoms with Gasteiger partial charge in [0, 0.05) is 50.3 Å². The van der Waals surface area contributed by atoms with Crippen molar-refractivity contribution < 1.29 is 0 Å². The molecule has 63 heavy (non-hydrogen) atoms. The zero-order chi connectivity index (χ0) is 41.7. The smallest absolute Gasteiger partial charge is 0.0561 e. The monoisotopic (exact) mass is 803 g/mol. The quantitative estimate of drug-likeness (QED) is 0.159. The number of aromatic nitrogens is 1. The minimum Gasteiger partial charge on any atom is -0.310 e. The zero-order valence-electron chi connectivity index (χ0n) is 34.5. The highest BCUT2D eigenvalue weighted by Gasteiger charge is 2.26. The molecule has 2 heterocycles. The van der Waals surface area contributed by atoms with Crippen LogP contribution in [-0.2, 0) is 0 Å². The molecule has 0 atom stereocenters. The second-order valence-electron chi connectivity index (χ2n) is 16.2. The Kier molecular flexibility index (Phi) is 8.83. The molecule has 0 aliphatic carbocycles. The van der Waals surface area contributed by atoms with Crippen molar-refractivity contribution in [3.63, 3.8) is 0 Å². The van der Waals surface area contributed by atoms with Crippen LogP contribution in [0.4, 0.5) is 34.1 Å². The number of benzene rings is 10. The lowest BCUT2D eigenvalue weighted by Gasteiger charge is -2.27. The van der Waals surface area contributed by atoms with Crippen LogP contribution in [-0.4, -0.2) is 4.57 Å². The molecule has 12 rings (SSSR count). The molecule has 296 valence electrons. The van der Waals surface area contributed by atoms with E-state index in [4.69, 9.17) is 0 Å². The molecule has 0 amide bonds. The van der Waals surface area contributed by atoms with Gasteiger partial charge in [0.05, 0.1) is 22.4 Å². The number of hydrogen-bond acceptors (Lipinski definition) is 2. The summed E-state index contributed by atoms with van der Waals surface area (Å²) >= 11 is 0. The Balaban J connectivity index is 0.992. The summed E-state index contributed by atoms with van der Waals surface area (Å²) in [7, 11) is 0. The van der Waals surface area contributed by atoms with Crippen molar-refractivity contribution in [2.45, 2.75) is 0 Å².